The van der Waals surface area contributed by atoms with E-state index in [9.17, 15) is 0 Å². The van der Waals surface area contributed by atoms with Gasteiger partial charge in [-0.15, -0.1) is 0 Å². The number of aliphatic imine (C=N–C) groups is 1. The molecular weight excluding hydrogens is 380 g/mol. The van der Waals surface area contributed by atoms with Crippen LogP contribution in [0.2, 0.25) is 0 Å². The molecule has 2 aromatic heterocycles. The standard InChI is InChI=1S/C21H30N8O/c1-17-16-29(12-13-30-17)19-14-18(4-7-23-19)15-26-20(22-2)27-8-10-28(11-9-27)21-24-5-3-6-25-21/h3-7,14,17H,8-13,15-16H2,1-2H3,(H,22,26). The topological polar surface area (TPSA) is 82.0 Å². The molecule has 0 spiro atoms. The first-order valence-corrected chi connectivity index (χ1v) is 10.5. The van der Waals surface area contributed by atoms with Crippen LogP contribution in [-0.2, 0) is 11.3 Å². The molecule has 4 rings (SSSR count). The summed E-state index contributed by atoms with van der Waals surface area (Å²) >= 11 is 0. The van der Waals surface area contributed by atoms with Crippen LogP contribution in [0, 0.1) is 0 Å². The highest BCUT2D eigenvalue weighted by Crippen LogP contribution is 2.16. The summed E-state index contributed by atoms with van der Waals surface area (Å²) in [6.45, 7) is 8.83. The molecule has 0 radical (unpaired) electrons. The highest BCUT2D eigenvalue weighted by Gasteiger charge is 2.21. The third-order valence-electron chi connectivity index (χ3n) is 5.45. The Morgan fingerprint density at radius 3 is 2.63 bits per heavy atom. The average Bonchev–Trinajstić information content (AvgIpc) is 2.81. The van der Waals surface area contributed by atoms with Crippen molar-refractivity contribution >= 4 is 17.7 Å². The molecule has 0 amide bonds. The number of guanidine groups is 1. The van der Waals surface area contributed by atoms with Crippen molar-refractivity contribution in [2.75, 3.05) is 62.7 Å². The monoisotopic (exact) mass is 410 g/mol. The Hall–Kier alpha value is -2.94. The van der Waals surface area contributed by atoms with Gasteiger partial charge in [0.1, 0.15) is 5.82 Å². The minimum absolute atomic E-state index is 0.237. The molecule has 0 aliphatic carbocycles. The van der Waals surface area contributed by atoms with Crippen LogP contribution in [-0.4, -0.2) is 84.8 Å². The van der Waals surface area contributed by atoms with Gasteiger partial charge in [0.05, 0.1) is 12.7 Å². The molecule has 9 heteroatoms. The van der Waals surface area contributed by atoms with E-state index in [1.807, 2.05) is 19.3 Å². The second kappa shape index (κ2) is 9.71. The predicted octanol–water partition coefficient (Wildman–Crippen LogP) is 0.994. The Morgan fingerprint density at radius 2 is 1.90 bits per heavy atom. The van der Waals surface area contributed by atoms with E-state index >= 15 is 0 Å². The molecule has 2 saturated heterocycles. The number of pyridine rings is 1. The molecule has 1 atom stereocenters. The van der Waals surface area contributed by atoms with Gasteiger partial charge in [0.15, 0.2) is 5.96 Å². The molecule has 160 valence electrons. The van der Waals surface area contributed by atoms with E-state index in [4.69, 9.17) is 4.74 Å². The van der Waals surface area contributed by atoms with Gasteiger partial charge in [0, 0.05) is 71.5 Å². The van der Waals surface area contributed by atoms with E-state index in [-0.39, 0.29) is 6.10 Å². The van der Waals surface area contributed by atoms with Crippen molar-refractivity contribution in [1.82, 2.24) is 25.2 Å². The number of rotatable bonds is 4. The smallest absolute Gasteiger partial charge is 0.225 e. The Kier molecular flexibility index (Phi) is 6.58. The number of hydrogen-bond acceptors (Lipinski definition) is 7. The van der Waals surface area contributed by atoms with E-state index in [0.717, 1.165) is 63.6 Å². The fourth-order valence-corrected chi connectivity index (χ4v) is 3.86. The maximum Gasteiger partial charge on any atom is 0.225 e. The first-order chi connectivity index (χ1) is 14.7. The van der Waals surface area contributed by atoms with Gasteiger partial charge >= 0.3 is 0 Å². The molecule has 9 nitrogen and oxygen atoms in total. The maximum absolute atomic E-state index is 5.64. The zero-order valence-corrected chi connectivity index (χ0v) is 17.7. The van der Waals surface area contributed by atoms with E-state index in [1.165, 1.54) is 5.56 Å². The molecule has 1 unspecified atom stereocenters. The lowest BCUT2D eigenvalue weighted by Crippen LogP contribution is -2.52. The molecule has 2 aromatic rings. The summed E-state index contributed by atoms with van der Waals surface area (Å²) in [4.78, 5) is 24.5. The Balaban J connectivity index is 1.31. The third kappa shape index (κ3) is 4.96. The van der Waals surface area contributed by atoms with Gasteiger partial charge in [-0.2, -0.15) is 0 Å². The van der Waals surface area contributed by atoms with E-state index in [2.05, 4.69) is 59.0 Å². The SMILES string of the molecule is CN=C(NCc1ccnc(N2CCOC(C)C2)c1)N1CCN(c2ncccn2)CC1. The van der Waals surface area contributed by atoms with Crippen molar-refractivity contribution in [1.29, 1.82) is 0 Å². The number of nitrogens with zero attached hydrogens (tertiary/aromatic N) is 7. The number of ether oxygens (including phenoxy) is 1. The highest BCUT2D eigenvalue weighted by atomic mass is 16.5. The van der Waals surface area contributed by atoms with E-state index in [1.54, 1.807) is 12.4 Å². The van der Waals surface area contributed by atoms with Crippen LogP contribution in [0.1, 0.15) is 12.5 Å². The lowest BCUT2D eigenvalue weighted by atomic mass is 10.2. The van der Waals surface area contributed by atoms with Gasteiger partial charge in [-0.25, -0.2) is 15.0 Å². The van der Waals surface area contributed by atoms with Gasteiger partial charge in [-0.05, 0) is 30.7 Å². The summed E-state index contributed by atoms with van der Waals surface area (Å²) < 4.78 is 5.64. The van der Waals surface area contributed by atoms with Crippen LogP contribution in [0.4, 0.5) is 11.8 Å². The number of piperazine rings is 1. The van der Waals surface area contributed by atoms with Crippen molar-refractivity contribution in [3.8, 4) is 0 Å². The van der Waals surface area contributed by atoms with Gasteiger partial charge in [0.25, 0.3) is 0 Å². The summed E-state index contributed by atoms with van der Waals surface area (Å²) in [6, 6.07) is 6.05. The molecule has 0 saturated carbocycles. The zero-order chi connectivity index (χ0) is 20.8. The Labute approximate surface area is 177 Å². The zero-order valence-electron chi connectivity index (χ0n) is 17.7. The summed E-state index contributed by atoms with van der Waals surface area (Å²) in [5.41, 5.74) is 1.19. The van der Waals surface area contributed by atoms with Crippen LogP contribution in [0.25, 0.3) is 0 Å². The minimum Gasteiger partial charge on any atom is -0.375 e. The maximum atomic E-state index is 5.64. The molecule has 0 aromatic carbocycles. The van der Waals surface area contributed by atoms with Gasteiger partial charge < -0.3 is 24.8 Å². The summed E-state index contributed by atoms with van der Waals surface area (Å²) in [7, 11) is 1.84. The van der Waals surface area contributed by atoms with Crippen molar-refractivity contribution < 1.29 is 4.74 Å². The number of morpholine rings is 1. The van der Waals surface area contributed by atoms with Crippen molar-refractivity contribution in [2.45, 2.75) is 19.6 Å². The predicted molar refractivity (Wildman–Crippen MR) is 118 cm³/mol. The quantitative estimate of drug-likeness (QED) is 0.590. The summed E-state index contributed by atoms with van der Waals surface area (Å²) in [5, 5.41) is 3.50. The number of anilines is 2. The van der Waals surface area contributed by atoms with E-state index < -0.39 is 0 Å². The number of hydrogen-bond donors (Lipinski definition) is 1. The lowest BCUT2D eigenvalue weighted by Gasteiger charge is -2.36. The first-order valence-electron chi connectivity index (χ1n) is 10.5. The van der Waals surface area contributed by atoms with E-state index in [0.29, 0.717) is 6.54 Å². The lowest BCUT2D eigenvalue weighted by molar-refractivity contribution is 0.0529. The van der Waals surface area contributed by atoms with Crippen LogP contribution in [0.15, 0.2) is 41.8 Å². The van der Waals surface area contributed by atoms with Gasteiger partial charge in [0.2, 0.25) is 5.95 Å². The molecule has 1 N–H and O–H groups in total. The van der Waals surface area contributed by atoms with Gasteiger partial charge in [-0.1, -0.05) is 0 Å². The normalized spacial score (nSPS) is 20.4. The molecule has 0 bridgehead atoms. The first kappa shape index (κ1) is 20.3. The molecule has 2 fully saturated rings. The molecule has 4 heterocycles. The van der Waals surface area contributed by atoms with Crippen LogP contribution in [0.5, 0.6) is 0 Å². The Bertz CT molecular complexity index is 838. The summed E-state index contributed by atoms with van der Waals surface area (Å²) in [5.74, 6) is 2.72. The van der Waals surface area contributed by atoms with Crippen molar-refractivity contribution in [3.63, 3.8) is 0 Å². The minimum atomic E-state index is 0.237. The third-order valence-corrected chi connectivity index (χ3v) is 5.45. The van der Waals surface area contributed by atoms with Crippen LogP contribution < -0.4 is 15.1 Å². The largest absolute Gasteiger partial charge is 0.375 e. The molecule has 2 aliphatic heterocycles. The second-order valence-electron chi connectivity index (χ2n) is 7.57. The molecular formula is C21H30N8O. The molecule has 30 heavy (non-hydrogen) atoms. The highest BCUT2D eigenvalue weighted by molar-refractivity contribution is 5.80. The molecule has 2 aliphatic rings. The second-order valence-corrected chi connectivity index (χ2v) is 7.57. The number of nitrogens with one attached hydrogen (secondary N) is 1. The van der Waals surface area contributed by atoms with Gasteiger partial charge in [-0.3, -0.25) is 4.99 Å². The van der Waals surface area contributed by atoms with Crippen molar-refractivity contribution in [2.24, 2.45) is 4.99 Å². The fourth-order valence-electron chi connectivity index (χ4n) is 3.86. The fraction of sp³-hybridized carbons (Fsp3) is 0.524. The summed E-state index contributed by atoms with van der Waals surface area (Å²) in [6.07, 6.45) is 5.69. The van der Waals surface area contributed by atoms with Crippen LogP contribution >= 0.6 is 0 Å². The van der Waals surface area contributed by atoms with Crippen LogP contribution in [0.3, 0.4) is 0 Å². The number of aromatic nitrogens is 3. The Morgan fingerprint density at radius 1 is 1.10 bits per heavy atom. The van der Waals surface area contributed by atoms with Crippen molar-refractivity contribution in [3.05, 3.63) is 42.4 Å². The average molecular weight is 411 g/mol.